The summed E-state index contributed by atoms with van der Waals surface area (Å²) < 4.78 is 7.96. The van der Waals surface area contributed by atoms with Gasteiger partial charge in [0.2, 0.25) is 11.7 Å². The Balaban J connectivity index is 1.28. The predicted molar refractivity (Wildman–Crippen MR) is 129 cm³/mol. The summed E-state index contributed by atoms with van der Waals surface area (Å²) in [6, 6.07) is 18.5. The fourth-order valence-electron chi connectivity index (χ4n) is 4.47. The van der Waals surface area contributed by atoms with E-state index >= 15 is 0 Å². The monoisotopic (exact) mass is 486 g/mol. The lowest BCUT2D eigenvalue weighted by molar-refractivity contribution is -0.122. The zero-order chi connectivity index (χ0) is 23.9. The molecule has 10 heteroatoms. The summed E-state index contributed by atoms with van der Waals surface area (Å²) in [5.74, 6) is 0.289. The lowest BCUT2D eigenvalue weighted by Gasteiger charge is -2.13. The number of nitrogens with zero attached hydrogens (tertiary/aromatic N) is 5. The highest BCUT2D eigenvalue weighted by atomic mass is 35.5. The summed E-state index contributed by atoms with van der Waals surface area (Å²) >= 11 is 6.07. The second kappa shape index (κ2) is 8.52. The lowest BCUT2D eigenvalue weighted by Crippen LogP contribution is -2.34. The van der Waals surface area contributed by atoms with E-state index in [1.54, 1.807) is 36.5 Å². The number of hydrogen-bond donors (Lipinski definition) is 1. The number of rotatable bonds is 5. The maximum absolute atomic E-state index is 12.9. The van der Waals surface area contributed by atoms with Crippen molar-refractivity contribution in [2.24, 2.45) is 0 Å². The molecular weight excluding hydrogens is 468 g/mol. The Kier molecular flexibility index (Phi) is 5.18. The first kappa shape index (κ1) is 21.3. The van der Waals surface area contributed by atoms with Gasteiger partial charge in [-0.1, -0.05) is 53.2 Å². The molecule has 0 saturated carbocycles. The van der Waals surface area contributed by atoms with Gasteiger partial charge in [-0.05, 0) is 48.2 Å². The molecule has 1 aliphatic carbocycles. The van der Waals surface area contributed by atoms with Crippen LogP contribution in [0.25, 0.3) is 28.5 Å². The summed E-state index contributed by atoms with van der Waals surface area (Å²) in [7, 11) is 0. The standard InChI is InChI=1S/C25H19ClN6O3/c26-17-7-3-6-16(13-17)22-28-24(35-30-22)19-9-4-12-31-23(19)29-32(25(31)34)14-21(33)27-20-11-10-15-5-1-2-8-18(15)20/h1-9,12-13,20H,10-11,14H2,(H,27,33)/t20-/m0/s1. The second-order valence-corrected chi connectivity index (χ2v) is 8.78. The third-order valence-corrected chi connectivity index (χ3v) is 6.35. The SMILES string of the molecule is O=C(Cn1nc2c(-c3nc(-c4cccc(Cl)c4)no3)cccn2c1=O)N[C@H]1CCc2ccccc21. The molecule has 1 aliphatic rings. The van der Waals surface area contributed by atoms with Crippen LogP contribution in [0.1, 0.15) is 23.6 Å². The van der Waals surface area contributed by atoms with Crippen molar-refractivity contribution in [1.29, 1.82) is 0 Å². The molecule has 35 heavy (non-hydrogen) atoms. The first-order valence-electron chi connectivity index (χ1n) is 11.1. The number of benzene rings is 2. The molecule has 5 aromatic rings. The van der Waals surface area contributed by atoms with E-state index in [1.807, 2.05) is 24.3 Å². The Labute approximate surface area is 204 Å². The summed E-state index contributed by atoms with van der Waals surface area (Å²) in [6.07, 6.45) is 3.34. The van der Waals surface area contributed by atoms with Crippen molar-refractivity contribution < 1.29 is 9.32 Å². The van der Waals surface area contributed by atoms with Crippen molar-refractivity contribution in [3.05, 3.63) is 93.5 Å². The first-order chi connectivity index (χ1) is 17.1. The number of hydrogen-bond acceptors (Lipinski definition) is 6. The quantitative estimate of drug-likeness (QED) is 0.406. The number of aryl methyl sites for hydroxylation is 1. The molecule has 0 unspecified atom stereocenters. The molecule has 3 aromatic heterocycles. The summed E-state index contributed by atoms with van der Waals surface area (Å²) in [5.41, 5.74) is 3.43. The average Bonchev–Trinajstić information content (AvgIpc) is 3.58. The number of carbonyl (C=O) groups excluding carboxylic acids is 1. The number of nitrogens with one attached hydrogen (secondary N) is 1. The van der Waals surface area contributed by atoms with Gasteiger partial charge < -0.3 is 9.84 Å². The number of carbonyl (C=O) groups is 1. The van der Waals surface area contributed by atoms with E-state index in [9.17, 15) is 9.59 Å². The van der Waals surface area contributed by atoms with Gasteiger partial charge in [-0.2, -0.15) is 4.98 Å². The molecule has 174 valence electrons. The van der Waals surface area contributed by atoms with Crippen molar-refractivity contribution >= 4 is 23.2 Å². The third kappa shape index (κ3) is 3.89. The molecule has 1 amide bonds. The Bertz CT molecular complexity index is 1640. The van der Waals surface area contributed by atoms with Gasteiger partial charge in [0, 0.05) is 16.8 Å². The van der Waals surface area contributed by atoms with Gasteiger partial charge in [0.25, 0.3) is 5.89 Å². The third-order valence-electron chi connectivity index (χ3n) is 6.11. The number of pyridine rings is 1. The number of aromatic nitrogens is 5. The molecule has 6 rings (SSSR count). The van der Waals surface area contributed by atoms with Gasteiger partial charge in [-0.3, -0.25) is 4.79 Å². The fraction of sp³-hybridized carbons (Fsp3) is 0.160. The maximum atomic E-state index is 12.9. The Morgan fingerprint density at radius 1 is 1.14 bits per heavy atom. The molecule has 3 heterocycles. The van der Waals surface area contributed by atoms with Gasteiger partial charge in [-0.15, -0.1) is 5.10 Å². The highest BCUT2D eigenvalue weighted by molar-refractivity contribution is 6.30. The van der Waals surface area contributed by atoms with Crippen LogP contribution in [0.2, 0.25) is 5.02 Å². The Morgan fingerprint density at radius 2 is 2.03 bits per heavy atom. The fourth-order valence-corrected chi connectivity index (χ4v) is 4.66. The first-order valence-corrected chi connectivity index (χ1v) is 11.5. The normalized spacial score (nSPS) is 14.8. The van der Waals surface area contributed by atoms with Crippen molar-refractivity contribution in [2.45, 2.75) is 25.4 Å². The molecule has 0 saturated heterocycles. The van der Waals surface area contributed by atoms with Crippen LogP contribution in [0, 0.1) is 0 Å². The molecule has 0 bridgehead atoms. The van der Waals surface area contributed by atoms with Gasteiger partial charge in [-0.25, -0.2) is 13.9 Å². The van der Waals surface area contributed by atoms with Crippen LogP contribution in [0.5, 0.6) is 0 Å². The largest absolute Gasteiger partial charge is 0.350 e. The van der Waals surface area contributed by atoms with E-state index in [0.29, 0.717) is 27.6 Å². The second-order valence-electron chi connectivity index (χ2n) is 8.35. The van der Waals surface area contributed by atoms with E-state index in [-0.39, 0.29) is 24.4 Å². The van der Waals surface area contributed by atoms with Crippen molar-refractivity contribution in [2.75, 3.05) is 0 Å². The minimum Gasteiger partial charge on any atom is -0.348 e. The molecule has 0 aliphatic heterocycles. The van der Waals surface area contributed by atoms with Crippen LogP contribution in [0.4, 0.5) is 0 Å². The zero-order valence-electron chi connectivity index (χ0n) is 18.4. The van der Waals surface area contributed by atoms with Crippen LogP contribution < -0.4 is 11.0 Å². The summed E-state index contributed by atoms with van der Waals surface area (Å²) in [5, 5.41) is 12.0. The molecule has 0 spiro atoms. The Morgan fingerprint density at radius 3 is 2.91 bits per heavy atom. The highest BCUT2D eigenvalue weighted by Gasteiger charge is 2.24. The van der Waals surface area contributed by atoms with Crippen molar-refractivity contribution in [3.8, 4) is 22.8 Å². The zero-order valence-corrected chi connectivity index (χ0v) is 19.1. The smallest absolute Gasteiger partial charge is 0.348 e. The predicted octanol–water partition coefficient (Wildman–Crippen LogP) is 3.67. The minimum atomic E-state index is -0.432. The number of halogens is 1. The number of fused-ring (bicyclic) bond motifs is 2. The Hall–Kier alpha value is -4.24. The molecule has 0 fully saturated rings. The van der Waals surface area contributed by atoms with E-state index < -0.39 is 5.69 Å². The molecule has 1 N–H and O–H groups in total. The van der Waals surface area contributed by atoms with E-state index in [1.165, 1.54) is 9.96 Å². The molecule has 2 aromatic carbocycles. The maximum Gasteiger partial charge on any atom is 0.350 e. The van der Waals surface area contributed by atoms with E-state index in [4.69, 9.17) is 16.1 Å². The summed E-state index contributed by atoms with van der Waals surface area (Å²) in [6.45, 7) is -0.198. The molecule has 0 radical (unpaired) electrons. The summed E-state index contributed by atoms with van der Waals surface area (Å²) in [4.78, 5) is 30.2. The molecular formula is C25H19ClN6O3. The van der Waals surface area contributed by atoms with Crippen LogP contribution in [0.15, 0.2) is 76.2 Å². The van der Waals surface area contributed by atoms with Gasteiger partial charge >= 0.3 is 5.69 Å². The van der Waals surface area contributed by atoms with Crippen LogP contribution >= 0.6 is 11.6 Å². The van der Waals surface area contributed by atoms with Gasteiger partial charge in [0.1, 0.15) is 6.54 Å². The minimum absolute atomic E-state index is 0.0645. The average molecular weight is 487 g/mol. The van der Waals surface area contributed by atoms with Crippen LogP contribution in [0.3, 0.4) is 0 Å². The molecule has 1 atom stereocenters. The highest BCUT2D eigenvalue weighted by Crippen LogP contribution is 2.30. The van der Waals surface area contributed by atoms with Gasteiger partial charge in [0.05, 0.1) is 11.6 Å². The van der Waals surface area contributed by atoms with Crippen molar-refractivity contribution in [1.82, 2.24) is 29.6 Å². The van der Waals surface area contributed by atoms with Gasteiger partial charge in [0.15, 0.2) is 5.65 Å². The van der Waals surface area contributed by atoms with E-state index in [2.05, 4.69) is 26.6 Å². The van der Waals surface area contributed by atoms with E-state index in [0.717, 1.165) is 23.1 Å². The number of amides is 1. The van der Waals surface area contributed by atoms with Crippen molar-refractivity contribution in [3.63, 3.8) is 0 Å². The lowest BCUT2D eigenvalue weighted by atomic mass is 10.1. The molecule has 9 nitrogen and oxygen atoms in total. The van der Waals surface area contributed by atoms with Crippen LogP contribution in [-0.2, 0) is 17.8 Å². The van der Waals surface area contributed by atoms with Crippen LogP contribution in [-0.4, -0.2) is 30.2 Å². The topological polar surface area (TPSA) is 107 Å².